The van der Waals surface area contributed by atoms with Crippen LogP contribution >= 0.6 is 0 Å². The highest BCUT2D eigenvalue weighted by atomic mass is 16.5. The third-order valence-corrected chi connectivity index (χ3v) is 6.33. The summed E-state index contributed by atoms with van der Waals surface area (Å²) < 4.78 is 5.97. The summed E-state index contributed by atoms with van der Waals surface area (Å²) in [5, 5.41) is 0. The van der Waals surface area contributed by atoms with Gasteiger partial charge in [0.25, 0.3) is 5.91 Å². The van der Waals surface area contributed by atoms with Crippen LogP contribution in [-0.2, 0) is 20.7 Å². The summed E-state index contributed by atoms with van der Waals surface area (Å²) in [5.74, 6) is -0.301. The molecular weight excluding hydrogens is 378 g/mol. The number of aromatic nitrogens is 1. The maximum absolute atomic E-state index is 13.1. The standard InChI is InChI=1S/C24H29N3O3/c25-23(29)24(16-18-5-4-8-21(15-18)19-9-11-26-12-10-19)17-27(13-14-30-24)22(28)20-6-2-1-3-7-20/h4-5,8-12,15,20H,1-3,6-7,13-14,16-17H2,(H2,25,29)/t24-/m1/s1. The van der Waals surface area contributed by atoms with E-state index in [4.69, 9.17) is 10.5 Å². The summed E-state index contributed by atoms with van der Waals surface area (Å²) in [6, 6.07) is 11.9. The first-order valence-electron chi connectivity index (χ1n) is 10.8. The Kier molecular flexibility index (Phi) is 6.13. The average molecular weight is 408 g/mol. The quantitative estimate of drug-likeness (QED) is 0.826. The molecule has 1 aliphatic heterocycles. The highest BCUT2D eigenvalue weighted by molar-refractivity contribution is 5.86. The largest absolute Gasteiger partial charge is 0.367 e. The second-order valence-corrected chi connectivity index (χ2v) is 8.41. The lowest BCUT2D eigenvalue weighted by Gasteiger charge is -2.42. The lowest BCUT2D eigenvalue weighted by molar-refractivity contribution is -0.165. The second-order valence-electron chi connectivity index (χ2n) is 8.41. The van der Waals surface area contributed by atoms with Crippen molar-refractivity contribution in [3.63, 3.8) is 0 Å². The number of carbonyl (C=O) groups is 2. The molecule has 4 rings (SSSR count). The Morgan fingerprint density at radius 3 is 2.60 bits per heavy atom. The molecule has 0 radical (unpaired) electrons. The molecule has 1 atom stereocenters. The zero-order valence-electron chi connectivity index (χ0n) is 17.3. The molecule has 1 aromatic heterocycles. The van der Waals surface area contributed by atoms with Gasteiger partial charge in [0.1, 0.15) is 0 Å². The molecule has 1 aromatic carbocycles. The third kappa shape index (κ3) is 4.38. The number of amides is 2. The molecule has 2 N–H and O–H groups in total. The molecule has 2 fully saturated rings. The van der Waals surface area contributed by atoms with Crippen molar-refractivity contribution in [3.05, 3.63) is 54.4 Å². The number of pyridine rings is 1. The van der Waals surface area contributed by atoms with Gasteiger partial charge in [-0.3, -0.25) is 14.6 Å². The number of primary amides is 1. The van der Waals surface area contributed by atoms with Gasteiger partial charge < -0.3 is 15.4 Å². The van der Waals surface area contributed by atoms with Crippen LogP contribution in [0.3, 0.4) is 0 Å². The predicted octanol–water partition coefficient (Wildman–Crippen LogP) is 2.95. The van der Waals surface area contributed by atoms with E-state index in [-0.39, 0.29) is 18.4 Å². The normalized spacial score (nSPS) is 22.6. The number of morpholine rings is 1. The fraction of sp³-hybridized carbons (Fsp3) is 0.458. The van der Waals surface area contributed by atoms with Gasteiger partial charge >= 0.3 is 0 Å². The molecule has 2 aromatic rings. The van der Waals surface area contributed by atoms with Crippen LogP contribution in [0.25, 0.3) is 11.1 Å². The van der Waals surface area contributed by atoms with Crippen molar-refractivity contribution in [1.29, 1.82) is 0 Å². The Bertz CT molecular complexity index is 896. The van der Waals surface area contributed by atoms with Crippen molar-refractivity contribution in [2.45, 2.75) is 44.1 Å². The first-order valence-corrected chi connectivity index (χ1v) is 10.8. The molecule has 0 bridgehead atoms. The van der Waals surface area contributed by atoms with Gasteiger partial charge in [0.2, 0.25) is 5.91 Å². The first-order chi connectivity index (χ1) is 14.6. The van der Waals surface area contributed by atoms with Crippen LogP contribution in [-0.4, -0.2) is 47.0 Å². The summed E-state index contributed by atoms with van der Waals surface area (Å²) in [5.41, 5.74) is 7.69. The minimum Gasteiger partial charge on any atom is -0.367 e. The van der Waals surface area contributed by atoms with Crippen LogP contribution in [0.4, 0.5) is 0 Å². The van der Waals surface area contributed by atoms with Crippen molar-refractivity contribution in [2.75, 3.05) is 19.7 Å². The summed E-state index contributed by atoms with van der Waals surface area (Å²) in [4.78, 5) is 31.5. The highest BCUT2D eigenvalue weighted by Crippen LogP contribution is 2.30. The van der Waals surface area contributed by atoms with Crippen LogP contribution in [0.1, 0.15) is 37.7 Å². The summed E-state index contributed by atoms with van der Waals surface area (Å²) in [6.45, 7) is 1.06. The molecule has 0 unspecified atom stereocenters. The molecule has 6 heteroatoms. The minimum atomic E-state index is -1.19. The molecule has 2 amide bonds. The second kappa shape index (κ2) is 8.96. The predicted molar refractivity (Wildman–Crippen MR) is 114 cm³/mol. The molecule has 6 nitrogen and oxygen atoms in total. The lowest BCUT2D eigenvalue weighted by Crippen LogP contribution is -2.61. The van der Waals surface area contributed by atoms with Crippen molar-refractivity contribution >= 4 is 11.8 Å². The summed E-state index contributed by atoms with van der Waals surface area (Å²) in [6.07, 6.45) is 9.13. The topological polar surface area (TPSA) is 85.5 Å². The Hall–Kier alpha value is -2.73. The van der Waals surface area contributed by atoms with E-state index in [2.05, 4.69) is 4.98 Å². The van der Waals surface area contributed by atoms with Crippen molar-refractivity contribution in [1.82, 2.24) is 9.88 Å². The Morgan fingerprint density at radius 2 is 1.87 bits per heavy atom. The summed E-state index contributed by atoms with van der Waals surface area (Å²) in [7, 11) is 0. The Balaban J connectivity index is 1.54. The van der Waals surface area contributed by atoms with Crippen LogP contribution in [0.15, 0.2) is 48.8 Å². The van der Waals surface area contributed by atoms with Gasteiger partial charge in [-0.15, -0.1) is 0 Å². The van der Waals surface area contributed by atoms with Crippen LogP contribution < -0.4 is 5.73 Å². The van der Waals surface area contributed by atoms with Gasteiger partial charge in [0, 0.05) is 31.3 Å². The van der Waals surface area contributed by atoms with Crippen LogP contribution in [0.2, 0.25) is 0 Å². The SMILES string of the molecule is NC(=O)[C@@]1(Cc2cccc(-c3ccncc3)c2)CN(C(=O)C2CCCCC2)CCO1. The number of hydrogen-bond donors (Lipinski definition) is 1. The van der Waals surface area contributed by atoms with Crippen molar-refractivity contribution in [2.24, 2.45) is 11.7 Å². The van der Waals surface area contributed by atoms with E-state index in [0.717, 1.165) is 42.4 Å². The zero-order valence-corrected chi connectivity index (χ0v) is 17.3. The number of carbonyl (C=O) groups excluding carboxylic acids is 2. The van der Waals surface area contributed by atoms with Gasteiger partial charge in [-0.1, -0.05) is 43.5 Å². The number of nitrogens with zero attached hydrogens (tertiary/aromatic N) is 2. The van der Waals surface area contributed by atoms with Crippen molar-refractivity contribution < 1.29 is 14.3 Å². The first kappa shape index (κ1) is 20.5. The van der Waals surface area contributed by atoms with Crippen LogP contribution in [0, 0.1) is 5.92 Å². The molecule has 2 aliphatic rings. The maximum Gasteiger partial charge on any atom is 0.251 e. The lowest BCUT2D eigenvalue weighted by atomic mass is 9.86. The van der Waals surface area contributed by atoms with E-state index in [1.165, 1.54) is 6.42 Å². The van der Waals surface area contributed by atoms with E-state index < -0.39 is 11.5 Å². The maximum atomic E-state index is 13.1. The summed E-state index contributed by atoms with van der Waals surface area (Å²) >= 11 is 0. The van der Waals surface area contributed by atoms with E-state index in [9.17, 15) is 9.59 Å². The molecule has 1 saturated carbocycles. The molecule has 1 aliphatic carbocycles. The molecule has 30 heavy (non-hydrogen) atoms. The number of rotatable bonds is 5. The van der Waals surface area contributed by atoms with Gasteiger partial charge in [0.15, 0.2) is 5.60 Å². The molecule has 0 spiro atoms. The Morgan fingerprint density at radius 1 is 1.10 bits per heavy atom. The zero-order chi connectivity index (χ0) is 21.0. The molecule has 2 heterocycles. The number of nitrogens with two attached hydrogens (primary N) is 1. The van der Waals surface area contributed by atoms with Gasteiger partial charge in [-0.25, -0.2) is 0 Å². The third-order valence-electron chi connectivity index (χ3n) is 6.33. The fourth-order valence-corrected chi connectivity index (χ4v) is 4.66. The van der Waals surface area contributed by atoms with Gasteiger partial charge in [-0.2, -0.15) is 0 Å². The van der Waals surface area contributed by atoms with Crippen molar-refractivity contribution in [3.8, 4) is 11.1 Å². The fourth-order valence-electron chi connectivity index (χ4n) is 4.66. The monoisotopic (exact) mass is 407 g/mol. The van der Waals surface area contributed by atoms with Crippen LogP contribution in [0.5, 0.6) is 0 Å². The number of benzene rings is 1. The number of hydrogen-bond acceptors (Lipinski definition) is 4. The minimum absolute atomic E-state index is 0.0671. The van der Waals surface area contributed by atoms with E-state index in [0.29, 0.717) is 19.6 Å². The Labute approximate surface area is 177 Å². The molecule has 158 valence electrons. The van der Waals surface area contributed by atoms with E-state index in [1.807, 2.05) is 36.4 Å². The highest BCUT2D eigenvalue weighted by Gasteiger charge is 2.44. The molecular formula is C24H29N3O3. The van der Waals surface area contributed by atoms with E-state index >= 15 is 0 Å². The molecule has 1 saturated heterocycles. The van der Waals surface area contributed by atoms with Gasteiger partial charge in [-0.05, 0) is 41.7 Å². The van der Waals surface area contributed by atoms with Gasteiger partial charge in [0.05, 0.1) is 13.2 Å². The van der Waals surface area contributed by atoms with E-state index in [1.54, 1.807) is 17.3 Å². The smallest absolute Gasteiger partial charge is 0.251 e. The average Bonchev–Trinajstić information content (AvgIpc) is 2.80. The number of ether oxygens (including phenoxy) is 1.